The zero-order chi connectivity index (χ0) is 54.1. The lowest BCUT2D eigenvalue weighted by Crippen LogP contribution is -2.28. The Hall–Kier alpha value is -1.10. The quantitative estimate of drug-likeness (QED) is 0.0485. The lowest BCUT2D eigenvalue weighted by molar-refractivity contribution is -0.161. The van der Waals surface area contributed by atoms with Gasteiger partial charge in [-0.3, -0.25) is 9.59 Å². The second-order valence-corrected chi connectivity index (χ2v) is 24.3. The molecule has 0 bridgehead atoms. The highest BCUT2D eigenvalue weighted by molar-refractivity contribution is 5.70. The summed E-state index contributed by atoms with van der Waals surface area (Å²) in [6.07, 6.45) is 84.4. The summed E-state index contributed by atoms with van der Waals surface area (Å²) in [5, 5.41) is 9.69. The van der Waals surface area contributed by atoms with Crippen LogP contribution in [0.2, 0.25) is 0 Å². The van der Waals surface area contributed by atoms with Crippen LogP contribution in [-0.2, 0) is 19.1 Å². The normalized spacial score (nSPS) is 12.0. The number of carbonyl (C=O) groups excluding carboxylic acids is 2. The van der Waals surface area contributed by atoms with Crippen molar-refractivity contribution in [2.75, 3.05) is 13.2 Å². The van der Waals surface area contributed by atoms with Crippen LogP contribution in [0, 0.1) is 0 Å². The van der Waals surface area contributed by atoms with E-state index >= 15 is 0 Å². The molecule has 0 heterocycles. The van der Waals surface area contributed by atoms with E-state index in [-0.39, 0.29) is 25.2 Å². The summed E-state index contributed by atoms with van der Waals surface area (Å²) in [5.41, 5.74) is 0. The lowest BCUT2D eigenvalue weighted by Gasteiger charge is -2.15. The number of hydrogen-bond donors (Lipinski definition) is 1. The predicted octanol–water partition coefficient (Wildman–Crippen LogP) is 24.0. The van der Waals surface area contributed by atoms with Crippen LogP contribution in [0.4, 0.5) is 0 Å². The van der Waals surface area contributed by atoms with Gasteiger partial charge in [0.15, 0.2) is 6.10 Å². The molecule has 5 heteroatoms. The van der Waals surface area contributed by atoms with E-state index in [2.05, 4.69) is 13.8 Å². The van der Waals surface area contributed by atoms with Gasteiger partial charge in [0.25, 0.3) is 0 Å². The standard InChI is InChI=1S/C70H138O5/c1-3-5-7-9-11-13-15-17-19-21-23-25-27-29-30-31-32-33-34-35-36-37-38-39-41-43-45-47-49-51-53-55-57-59-61-63-65-70(73)75-68(66-71)67-74-69(72)64-62-60-58-56-54-52-50-48-46-44-42-40-28-26-24-22-20-18-16-14-12-10-8-6-4-2/h68,71H,3-67H2,1-2H3. The fraction of sp³-hybridized carbons (Fsp3) is 0.971. The zero-order valence-electron chi connectivity index (χ0n) is 51.6. The van der Waals surface area contributed by atoms with Crippen molar-refractivity contribution >= 4 is 11.9 Å². The minimum absolute atomic E-state index is 0.0553. The summed E-state index contributed by atoms with van der Waals surface area (Å²) < 4.78 is 10.8. The van der Waals surface area contributed by atoms with Crippen molar-refractivity contribution in [3.05, 3.63) is 0 Å². The maximum Gasteiger partial charge on any atom is 0.306 e. The topological polar surface area (TPSA) is 72.8 Å². The van der Waals surface area contributed by atoms with Crippen molar-refractivity contribution in [1.29, 1.82) is 0 Å². The number of aliphatic hydroxyl groups is 1. The Morgan fingerprint density at radius 3 is 0.587 bits per heavy atom. The van der Waals surface area contributed by atoms with Gasteiger partial charge in [0.1, 0.15) is 6.61 Å². The van der Waals surface area contributed by atoms with E-state index in [1.165, 1.54) is 360 Å². The van der Waals surface area contributed by atoms with Crippen molar-refractivity contribution in [2.45, 2.75) is 424 Å². The second kappa shape index (κ2) is 67.2. The molecule has 0 rings (SSSR count). The molecule has 1 unspecified atom stereocenters. The van der Waals surface area contributed by atoms with Crippen molar-refractivity contribution in [2.24, 2.45) is 0 Å². The summed E-state index contributed by atoms with van der Waals surface area (Å²) in [6, 6.07) is 0. The summed E-state index contributed by atoms with van der Waals surface area (Å²) in [5.74, 6) is -0.558. The van der Waals surface area contributed by atoms with Gasteiger partial charge in [-0.2, -0.15) is 0 Å². The fourth-order valence-corrected chi connectivity index (χ4v) is 11.4. The number of esters is 2. The first-order valence-corrected chi connectivity index (χ1v) is 35.1. The van der Waals surface area contributed by atoms with Gasteiger partial charge >= 0.3 is 11.9 Å². The molecule has 0 fully saturated rings. The van der Waals surface area contributed by atoms with Gasteiger partial charge in [0.05, 0.1) is 6.61 Å². The Morgan fingerprint density at radius 1 is 0.253 bits per heavy atom. The summed E-state index contributed by atoms with van der Waals surface area (Å²) in [7, 11) is 0. The number of ether oxygens (including phenoxy) is 2. The molecule has 0 aromatic rings. The Labute approximate surface area is 471 Å². The molecule has 1 N–H and O–H groups in total. The third kappa shape index (κ3) is 65.3. The van der Waals surface area contributed by atoms with E-state index in [1.807, 2.05) is 0 Å². The Morgan fingerprint density at radius 2 is 0.413 bits per heavy atom. The molecule has 0 aromatic carbocycles. The molecular weight excluding hydrogens is 921 g/mol. The van der Waals surface area contributed by atoms with Gasteiger partial charge in [-0.15, -0.1) is 0 Å². The van der Waals surface area contributed by atoms with Crippen LogP contribution in [0.3, 0.4) is 0 Å². The highest BCUT2D eigenvalue weighted by Crippen LogP contribution is 2.20. The molecule has 0 saturated heterocycles. The first-order chi connectivity index (χ1) is 37.1. The average molecular weight is 1060 g/mol. The van der Waals surface area contributed by atoms with Crippen LogP contribution >= 0.6 is 0 Å². The SMILES string of the molecule is CCCCCCCCCCCCCCCCCCCCCCCCCCCCCCCCCCCCCCC(=O)OC(CO)COC(=O)CCCCCCCCCCCCCCCCCCCCCCCCCCC. The molecule has 5 nitrogen and oxygen atoms in total. The number of aliphatic hydroxyl groups excluding tert-OH is 1. The van der Waals surface area contributed by atoms with E-state index in [1.54, 1.807) is 0 Å². The maximum absolute atomic E-state index is 12.4. The number of carbonyl (C=O) groups is 2. The smallest absolute Gasteiger partial charge is 0.306 e. The third-order valence-corrected chi connectivity index (χ3v) is 16.7. The van der Waals surface area contributed by atoms with E-state index in [9.17, 15) is 14.7 Å². The van der Waals surface area contributed by atoms with Crippen LogP contribution in [0.1, 0.15) is 418 Å². The molecule has 0 aromatic heterocycles. The highest BCUT2D eigenvalue weighted by Gasteiger charge is 2.16. The Bertz CT molecular complexity index is 1060. The molecule has 0 saturated carbocycles. The van der Waals surface area contributed by atoms with E-state index in [0.29, 0.717) is 12.8 Å². The lowest BCUT2D eigenvalue weighted by atomic mass is 10.0. The Kier molecular flexibility index (Phi) is 66.2. The predicted molar refractivity (Wildman–Crippen MR) is 330 cm³/mol. The summed E-state index contributed by atoms with van der Waals surface area (Å²) in [6.45, 7) is 4.23. The van der Waals surface area contributed by atoms with Gasteiger partial charge in [-0.05, 0) is 12.8 Å². The average Bonchev–Trinajstić information content (AvgIpc) is 3.41. The molecule has 0 aliphatic carbocycles. The van der Waals surface area contributed by atoms with Gasteiger partial charge in [-0.25, -0.2) is 0 Å². The molecule has 448 valence electrons. The molecule has 1 atom stereocenters. The fourth-order valence-electron chi connectivity index (χ4n) is 11.4. The van der Waals surface area contributed by atoms with Crippen LogP contribution in [0.15, 0.2) is 0 Å². The van der Waals surface area contributed by atoms with Gasteiger partial charge in [0.2, 0.25) is 0 Å². The second-order valence-electron chi connectivity index (χ2n) is 24.3. The van der Waals surface area contributed by atoms with E-state index in [0.717, 1.165) is 32.1 Å². The van der Waals surface area contributed by atoms with Crippen LogP contribution in [0.5, 0.6) is 0 Å². The Balaban J connectivity index is 3.34. The van der Waals surface area contributed by atoms with Gasteiger partial charge in [0, 0.05) is 12.8 Å². The molecule has 0 aliphatic rings. The summed E-state index contributed by atoms with van der Waals surface area (Å²) >= 11 is 0. The molecule has 0 amide bonds. The minimum atomic E-state index is -0.765. The van der Waals surface area contributed by atoms with Crippen LogP contribution in [0.25, 0.3) is 0 Å². The molecule has 0 radical (unpaired) electrons. The largest absolute Gasteiger partial charge is 0.462 e. The van der Waals surface area contributed by atoms with Crippen molar-refractivity contribution < 1.29 is 24.2 Å². The van der Waals surface area contributed by atoms with Crippen LogP contribution < -0.4 is 0 Å². The minimum Gasteiger partial charge on any atom is -0.462 e. The van der Waals surface area contributed by atoms with Gasteiger partial charge < -0.3 is 14.6 Å². The third-order valence-electron chi connectivity index (χ3n) is 16.7. The monoisotopic (exact) mass is 1060 g/mol. The highest BCUT2D eigenvalue weighted by atomic mass is 16.6. The number of hydrogen-bond acceptors (Lipinski definition) is 5. The van der Waals surface area contributed by atoms with Crippen molar-refractivity contribution in [1.82, 2.24) is 0 Å². The van der Waals surface area contributed by atoms with Crippen molar-refractivity contribution in [3.63, 3.8) is 0 Å². The first-order valence-electron chi connectivity index (χ1n) is 35.1. The van der Waals surface area contributed by atoms with Gasteiger partial charge in [-0.1, -0.05) is 393 Å². The summed E-state index contributed by atoms with van der Waals surface area (Å²) in [4.78, 5) is 24.6. The molecule has 0 aliphatic heterocycles. The maximum atomic E-state index is 12.4. The molecular formula is C70H138O5. The number of unbranched alkanes of at least 4 members (excludes halogenated alkanes) is 59. The molecule has 75 heavy (non-hydrogen) atoms. The van der Waals surface area contributed by atoms with Crippen molar-refractivity contribution in [3.8, 4) is 0 Å². The van der Waals surface area contributed by atoms with E-state index in [4.69, 9.17) is 9.47 Å². The van der Waals surface area contributed by atoms with E-state index < -0.39 is 6.10 Å². The number of rotatable bonds is 67. The van der Waals surface area contributed by atoms with Crippen LogP contribution in [-0.4, -0.2) is 36.4 Å². The zero-order valence-corrected chi connectivity index (χ0v) is 51.6. The molecule has 0 spiro atoms. The first kappa shape index (κ1) is 73.9.